The monoisotopic (exact) mass is 386 g/mol. The van der Waals surface area contributed by atoms with Gasteiger partial charge in [0.25, 0.3) is 0 Å². The standard InChI is InChI=1S/C23H30O5/c1-12(2)7-14-8-23(6-5-22(13(3)4)9-17(22)23)28-21-16(11-25)19(26)15(10-24)20(27)18(14)21/h10-14,17,26-27H,5-9H2,1-4H3. The van der Waals surface area contributed by atoms with Crippen LogP contribution >= 0.6 is 0 Å². The number of carbonyl (C=O) groups is 2. The summed E-state index contributed by atoms with van der Waals surface area (Å²) >= 11 is 0. The predicted molar refractivity (Wildman–Crippen MR) is 105 cm³/mol. The van der Waals surface area contributed by atoms with Gasteiger partial charge in [0.1, 0.15) is 22.8 Å². The average molecular weight is 386 g/mol. The Balaban J connectivity index is 1.88. The van der Waals surface area contributed by atoms with Crippen LogP contribution in [0.3, 0.4) is 0 Å². The van der Waals surface area contributed by atoms with Crippen molar-refractivity contribution in [1.82, 2.24) is 0 Å². The molecule has 2 fully saturated rings. The summed E-state index contributed by atoms with van der Waals surface area (Å²) in [6.07, 6.45) is 5.74. The van der Waals surface area contributed by atoms with Crippen molar-refractivity contribution in [2.24, 2.45) is 23.2 Å². The van der Waals surface area contributed by atoms with Crippen molar-refractivity contribution in [2.75, 3.05) is 0 Å². The van der Waals surface area contributed by atoms with Crippen LogP contribution in [0.1, 0.15) is 92.0 Å². The number of fused-ring (bicyclic) bond motifs is 3. The molecule has 4 rings (SSSR count). The Kier molecular flexibility index (Phi) is 4.29. The van der Waals surface area contributed by atoms with Crippen LogP contribution in [-0.2, 0) is 0 Å². The maximum absolute atomic E-state index is 11.8. The van der Waals surface area contributed by atoms with E-state index in [1.807, 2.05) is 0 Å². The fourth-order valence-corrected chi connectivity index (χ4v) is 6.23. The van der Waals surface area contributed by atoms with E-state index in [-0.39, 0.29) is 28.4 Å². The van der Waals surface area contributed by atoms with E-state index in [0.717, 1.165) is 32.1 Å². The van der Waals surface area contributed by atoms with Crippen LogP contribution in [0, 0.1) is 23.2 Å². The molecule has 3 aliphatic rings. The van der Waals surface area contributed by atoms with Gasteiger partial charge >= 0.3 is 0 Å². The number of carbonyl (C=O) groups excluding carboxylic acids is 2. The highest BCUT2D eigenvalue weighted by atomic mass is 16.5. The summed E-state index contributed by atoms with van der Waals surface area (Å²) in [6.45, 7) is 8.80. The van der Waals surface area contributed by atoms with Gasteiger partial charge in [-0.3, -0.25) is 9.59 Å². The summed E-state index contributed by atoms with van der Waals surface area (Å²) in [5.41, 5.74) is 0.252. The molecule has 2 saturated carbocycles. The van der Waals surface area contributed by atoms with Gasteiger partial charge in [-0.25, -0.2) is 0 Å². The molecule has 0 radical (unpaired) electrons. The molecule has 28 heavy (non-hydrogen) atoms. The highest BCUT2D eigenvalue weighted by molar-refractivity contribution is 5.95. The lowest BCUT2D eigenvalue weighted by molar-refractivity contribution is 0.0145. The molecule has 0 bridgehead atoms. The van der Waals surface area contributed by atoms with Gasteiger partial charge < -0.3 is 14.9 Å². The van der Waals surface area contributed by atoms with Gasteiger partial charge in [-0.2, -0.15) is 0 Å². The number of rotatable bonds is 5. The smallest absolute Gasteiger partial charge is 0.157 e. The molecule has 152 valence electrons. The number of aromatic hydroxyl groups is 2. The summed E-state index contributed by atoms with van der Waals surface area (Å²) < 4.78 is 6.54. The topological polar surface area (TPSA) is 83.8 Å². The zero-order valence-electron chi connectivity index (χ0n) is 17.1. The summed E-state index contributed by atoms with van der Waals surface area (Å²) in [5, 5.41) is 21.2. The molecule has 2 aliphatic carbocycles. The molecule has 4 atom stereocenters. The van der Waals surface area contributed by atoms with Crippen molar-refractivity contribution < 1.29 is 24.5 Å². The van der Waals surface area contributed by atoms with E-state index >= 15 is 0 Å². The minimum atomic E-state index is -0.481. The molecule has 5 nitrogen and oxygen atoms in total. The number of aldehydes is 2. The van der Waals surface area contributed by atoms with Crippen LogP contribution < -0.4 is 4.74 Å². The third kappa shape index (κ3) is 2.44. The summed E-state index contributed by atoms with van der Waals surface area (Å²) in [7, 11) is 0. The first-order valence-electron chi connectivity index (χ1n) is 10.4. The second-order valence-electron chi connectivity index (χ2n) is 9.85. The SMILES string of the molecule is CC(C)CC1CC2(CCC3(C(C)C)CC23)Oc2c(C=O)c(O)c(C=O)c(O)c21. The number of ether oxygens (including phenoxy) is 1. The zero-order valence-corrected chi connectivity index (χ0v) is 17.1. The molecule has 2 N–H and O–H groups in total. The van der Waals surface area contributed by atoms with Crippen LogP contribution in [-0.4, -0.2) is 28.4 Å². The van der Waals surface area contributed by atoms with Crippen LogP contribution in [0.4, 0.5) is 0 Å². The molecule has 0 aromatic heterocycles. The van der Waals surface area contributed by atoms with Gasteiger partial charge in [0.05, 0.1) is 11.1 Å². The van der Waals surface area contributed by atoms with Crippen molar-refractivity contribution in [1.29, 1.82) is 0 Å². The second-order valence-corrected chi connectivity index (χ2v) is 9.85. The number of hydrogen-bond acceptors (Lipinski definition) is 5. The van der Waals surface area contributed by atoms with Crippen LogP contribution in [0.15, 0.2) is 0 Å². The number of hydrogen-bond donors (Lipinski definition) is 2. The van der Waals surface area contributed by atoms with E-state index in [1.54, 1.807) is 0 Å². The lowest BCUT2D eigenvalue weighted by Crippen LogP contribution is -2.42. The maximum atomic E-state index is 11.8. The maximum Gasteiger partial charge on any atom is 0.157 e. The van der Waals surface area contributed by atoms with E-state index in [1.165, 1.54) is 0 Å². The minimum absolute atomic E-state index is 0.00886. The molecule has 1 aromatic carbocycles. The van der Waals surface area contributed by atoms with Crippen molar-refractivity contribution in [3.63, 3.8) is 0 Å². The fraction of sp³-hybridized carbons (Fsp3) is 0.652. The first-order chi connectivity index (χ1) is 13.2. The minimum Gasteiger partial charge on any atom is -0.507 e. The Hall–Kier alpha value is -2.04. The van der Waals surface area contributed by atoms with Crippen LogP contribution in [0.5, 0.6) is 17.2 Å². The number of benzene rings is 1. The molecule has 0 saturated heterocycles. The van der Waals surface area contributed by atoms with Crippen molar-refractivity contribution in [3.8, 4) is 17.2 Å². The lowest BCUT2D eigenvalue weighted by atomic mass is 9.75. The Morgan fingerprint density at radius 1 is 1.04 bits per heavy atom. The van der Waals surface area contributed by atoms with E-state index in [9.17, 15) is 19.8 Å². The summed E-state index contributed by atoms with van der Waals surface area (Å²) in [6, 6.07) is 0. The fourth-order valence-electron chi connectivity index (χ4n) is 6.23. The average Bonchev–Trinajstić information content (AvgIpc) is 3.30. The molecule has 1 spiro atoms. The lowest BCUT2D eigenvalue weighted by Gasteiger charge is -2.43. The summed E-state index contributed by atoms with van der Waals surface area (Å²) in [5.74, 6) is 0.968. The zero-order chi connectivity index (χ0) is 20.4. The predicted octanol–water partition coefficient (Wildman–Crippen LogP) is 4.83. The van der Waals surface area contributed by atoms with E-state index < -0.39 is 5.75 Å². The Morgan fingerprint density at radius 2 is 1.71 bits per heavy atom. The summed E-state index contributed by atoms with van der Waals surface area (Å²) in [4.78, 5) is 23.3. The molecule has 5 heteroatoms. The normalized spacial score (nSPS) is 32.9. The third-order valence-electron chi connectivity index (χ3n) is 7.72. The number of phenolic OH excluding ortho intramolecular Hbond substituents is 2. The second kappa shape index (κ2) is 6.23. The van der Waals surface area contributed by atoms with Gasteiger partial charge in [0.15, 0.2) is 12.6 Å². The molecular weight excluding hydrogens is 356 g/mol. The Bertz CT molecular complexity index is 842. The molecular formula is C23H30O5. The molecule has 1 aliphatic heterocycles. The molecule has 1 aromatic rings. The molecule has 0 amide bonds. The van der Waals surface area contributed by atoms with Crippen LogP contribution in [0.2, 0.25) is 0 Å². The van der Waals surface area contributed by atoms with Crippen molar-refractivity contribution in [2.45, 2.75) is 71.3 Å². The first-order valence-corrected chi connectivity index (χ1v) is 10.4. The van der Waals surface area contributed by atoms with Gasteiger partial charge in [-0.05, 0) is 55.3 Å². The Morgan fingerprint density at radius 3 is 2.21 bits per heavy atom. The largest absolute Gasteiger partial charge is 0.507 e. The quantitative estimate of drug-likeness (QED) is 0.708. The van der Waals surface area contributed by atoms with Crippen molar-refractivity contribution >= 4 is 12.6 Å². The van der Waals surface area contributed by atoms with Crippen LogP contribution in [0.25, 0.3) is 0 Å². The molecule has 4 unspecified atom stereocenters. The van der Waals surface area contributed by atoms with E-state index in [2.05, 4.69) is 27.7 Å². The van der Waals surface area contributed by atoms with E-state index in [0.29, 0.717) is 47.1 Å². The Labute approximate surface area is 166 Å². The number of phenols is 2. The van der Waals surface area contributed by atoms with Gasteiger partial charge in [0, 0.05) is 11.5 Å². The third-order valence-corrected chi connectivity index (χ3v) is 7.72. The van der Waals surface area contributed by atoms with Gasteiger partial charge in [-0.1, -0.05) is 27.7 Å². The molecule has 1 heterocycles. The highest BCUT2D eigenvalue weighted by Gasteiger charge is 2.71. The van der Waals surface area contributed by atoms with Crippen molar-refractivity contribution in [3.05, 3.63) is 16.7 Å². The highest BCUT2D eigenvalue weighted by Crippen LogP contribution is 2.74. The van der Waals surface area contributed by atoms with Gasteiger partial charge in [0.2, 0.25) is 0 Å². The van der Waals surface area contributed by atoms with Gasteiger partial charge in [-0.15, -0.1) is 0 Å². The first kappa shape index (κ1) is 19.3. The van der Waals surface area contributed by atoms with E-state index in [4.69, 9.17) is 4.74 Å².